The number of benzene rings is 2. The Morgan fingerprint density at radius 2 is 2.25 bits per heavy atom. The first-order valence-electron chi connectivity index (χ1n) is 8.20. The molecule has 4 nitrogen and oxygen atoms in total. The first kappa shape index (κ1) is 15.1. The Kier molecular flexibility index (Phi) is 3.94. The van der Waals surface area contributed by atoms with Gasteiger partial charge in [-0.2, -0.15) is 0 Å². The Morgan fingerprint density at radius 1 is 1.33 bits per heavy atom. The minimum atomic E-state index is -0.0798. The van der Waals surface area contributed by atoms with Crippen LogP contribution in [0.2, 0.25) is 0 Å². The largest absolute Gasteiger partial charge is 0.497 e. The number of halogens is 1. The van der Waals surface area contributed by atoms with Crippen LogP contribution in [0.15, 0.2) is 41.4 Å². The van der Waals surface area contributed by atoms with Crippen LogP contribution in [0.25, 0.3) is 6.20 Å². The fourth-order valence-electron chi connectivity index (χ4n) is 3.40. The Morgan fingerprint density at radius 3 is 3.12 bits per heavy atom. The molecule has 0 spiro atoms. The van der Waals surface area contributed by atoms with Gasteiger partial charge in [0, 0.05) is 31.1 Å². The van der Waals surface area contributed by atoms with Crippen molar-refractivity contribution in [3.8, 4) is 5.75 Å². The molecule has 0 amide bonds. The molecule has 0 saturated carbocycles. The lowest BCUT2D eigenvalue weighted by atomic mass is 9.99. The van der Waals surface area contributed by atoms with Crippen molar-refractivity contribution < 1.29 is 9.13 Å². The van der Waals surface area contributed by atoms with Gasteiger partial charge >= 0.3 is 0 Å². The van der Waals surface area contributed by atoms with Crippen LogP contribution in [-0.2, 0) is 13.0 Å². The van der Waals surface area contributed by atoms with E-state index in [0.717, 1.165) is 53.5 Å². The van der Waals surface area contributed by atoms with Gasteiger partial charge in [0.05, 0.1) is 12.5 Å². The summed E-state index contributed by atoms with van der Waals surface area (Å²) in [5.74, 6) is 0.749. The molecule has 2 aliphatic rings. The van der Waals surface area contributed by atoms with E-state index in [1.165, 1.54) is 0 Å². The normalized spacial score (nSPS) is 19.3. The molecule has 2 aromatic rings. The maximum Gasteiger partial charge on any atom is 0.131 e. The van der Waals surface area contributed by atoms with Gasteiger partial charge in [-0.1, -0.05) is 12.1 Å². The van der Waals surface area contributed by atoms with E-state index < -0.39 is 0 Å². The summed E-state index contributed by atoms with van der Waals surface area (Å²) in [5.41, 5.74) is 1.96. The monoisotopic (exact) mass is 325 g/mol. The lowest BCUT2D eigenvalue weighted by molar-refractivity contribution is 0.230. The van der Waals surface area contributed by atoms with Gasteiger partial charge in [-0.25, -0.2) is 4.39 Å². The number of nitrogens with one attached hydrogen (secondary N) is 1. The summed E-state index contributed by atoms with van der Waals surface area (Å²) in [6, 6.07) is 11.2. The van der Waals surface area contributed by atoms with Crippen molar-refractivity contribution in [2.75, 3.05) is 20.2 Å². The fraction of sp³-hybridized carbons (Fsp3) is 0.316. The highest BCUT2D eigenvalue weighted by molar-refractivity contribution is 5.32. The number of fused-ring (bicyclic) bond motifs is 2. The molecule has 24 heavy (non-hydrogen) atoms. The third kappa shape index (κ3) is 2.87. The van der Waals surface area contributed by atoms with Crippen LogP contribution in [0.4, 0.5) is 4.39 Å². The van der Waals surface area contributed by atoms with Crippen molar-refractivity contribution in [3.05, 3.63) is 63.9 Å². The fourth-order valence-corrected chi connectivity index (χ4v) is 3.40. The molecule has 1 atom stereocenters. The van der Waals surface area contributed by atoms with Crippen molar-refractivity contribution in [1.82, 2.24) is 10.2 Å². The molecule has 4 rings (SSSR count). The van der Waals surface area contributed by atoms with Crippen LogP contribution in [0.3, 0.4) is 0 Å². The number of nitrogens with zero attached hydrogens (tertiary/aromatic N) is 2. The standard InChI is InChI=1S/C19H20FN3O/c1-24-15-5-6-18-14(9-15)10-21-19(22-18)12-23-8-7-16-13(11-23)3-2-4-17(16)20/h2-6,9-10,19,21H,7-8,11-12H2,1H3. The summed E-state index contributed by atoms with van der Waals surface area (Å²) < 4.78 is 19.1. The van der Waals surface area contributed by atoms with Crippen LogP contribution in [0.1, 0.15) is 11.1 Å². The smallest absolute Gasteiger partial charge is 0.131 e. The lowest BCUT2D eigenvalue weighted by Crippen LogP contribution is -2.46. The van der Waals surface area contributed by atoms with E-state index in [1.54, 1.807) is 19.2 Å². The van der Waals surface area contributed by atoms with Gasteiger partial charge in [0.25, 0.3) is 0 Å². The Hall–Kier alpha value is -2.40. The van der Waals surface area contributed by atoms with E-state index in [9.17, 15) is 4.39 Å². The van der Waals surface area contributed by atoms with Crippen molar-refractivity contribution >= 4 is 6.20 Å². The van der Waals surface area contributed by atoms with Crippen molar-refractivity contribution in [3.63, 3.8) is 0 Å². The molecule has 0 aromatic heterocycles. The second kappa shape index (κ2) is 6.24. The van der Waals surface area contributed by atoms with E-state index >= 15 is 0 Å². The van der Waals surface area contributed by atoms with Gasteiger partial charge in [0.2, 0.25) is 0 Å². The minimum absolute atomic E-state index is 0.0148. The molecule has 1 unspecified atom stereocenters. The summed E-state index contributed by atoms with van der Waals surface area (Å²) in [6.45, 7) is 2.44. The van der Waals surface area contributed by atoms with Crippen LogP contribution in [0.5, 0.6) is 5.75 Å². The summed E-state index contributed by atoms with van der Waals surface area (Å²) in [4.78, 5) is 7.10. The lowest BCUT2D eigenvalue weighted by Gasteiger charge is -2.31. The zero-order valence-corrected chi connectivity index (χ0v) is 13.6. The average molecular weight is 325 g/mol. The van der Waals surface area contributed by atoms with Crippen molar-refractivity contribution in [2.24, 2.45) is 4.99 Å². The predicted molar refractivity (Wildman–Crippen MR) is 90.5 cm³/mol. The molecule has 2 heterocycles. The van der Waals surface area contributed by atoms with E-state index in [1.807, 2.05) is 30.5 Å². The van der Waals surface area contributed by atoms with Gasteiger partial charge in [-0.05, 0) is 41.8 Å². The zero-order valence-electron chi connectivity index (χ0n) is 13.6. The minimum Gasteiger partial charge on any atom is -0.497 e. The van der Waals surface area contributed by atoms with E-state index in [-0.39, 0.29) is 12.0 Å². The van der Waals surface area contributed by atoms with Crippen LogP contribution < -0.4 is 20.6 Å². The second-order valence-corrected chi connectivity index (χ2v) is 6.24. The summed E-state index contributed by atoms with van der Waals surface area (Å²) in [6.07, 6.45) is 2.76. The van der Waals surface area contributed by atoms with Gasteiger partial charge in [-0.15, -0.1) is 0 Å². The molecule has 0 aliphatic carbocycles. The molecule has 0 bridgehead atoms. The number of ether oxygens (including phenoxy) is 1. The molecule has 0 fully saturated rings. The summed E-state index contributed by atoms with van der Waals surface area (Å²) >= 11 is 0. The Labute approximate surface area is 140 Å². The molecule has 2 aromatic carbocycles. The zero-order chi connectivity index (χ0) is 16.5. The van der Waals surface area contributed by atoms with Crippen LogP contribution in [0, 0.1) is 5.82 Å². The maximum atomic E-state index is 13.8. The molecule has 5 heteroatoms. The Balaban J connectivity index is 1.50. The highest BCUT2D eigenvalue weighted by Gasteiger charge is 2.21. The molecule has 1 N–H and O–H groups in total. The molecule has 2 aliphatic heterocycles. The molecule has 124 valence electrons. The van der Waals surface area contributed by atoms with Gasteiger partial charge in [-0.3, -0.25) is 9.89 Å². The summed E-state index contributed by atoms with van der Waals surface area (Å²) in [5, 5.41) is 5.36. The van der Waals surface area contributed by atoms with E-state index in [4.69, 9.17) is 9.73 Å². The van der Waals surface area contributed by atoms with Crippen LogP contribution in [-0.4, -0.2) is 31.3 Å². The number of methoxy groups -OCH3 is 1. The predicted octanol–water partition coefficient (Wildman–Crippen LogP) is 1.18. The average Bonchev–Trinajstić information content (AvgIpc) is 2.61. The summed E-state index contributed by atoms with van der Waals surface area (Å²) in [7, 11) is 1.66. The van der Waals surface area contributed by atoms with Gasteiger partial charge < -0.3 is 10.1 Å². The molecular formula is C19H20FN3O. The molecule has 0 saturated heterocycles. The van der Waals surface area contributed by atoms with Gasteiger partial charge in [0.1, 0.15) is 17.7 Å². The van der Waals surface area contributed by atoms with E-state index in [0.29, 0.717) is 0 Å². The second-order valence-electron chi connectivity index (χ2n) is 6.24. The highest BCUT2D eigenvalue weighted by Crippen LogP contribution is 2.21. The topological polar surface area (TPSA) is 36.9 Å². The molecule has 0 radical (unpaired) electrons. The highest BCUT2D eigenvalue weighted by atomic mass is 19.1. The van der Waals surface area contributed by atoms with Crippen LogP contribution >= 0.6 is 0 Å². The number of hydrogen-bond donors (Lipinski definition) is 1. The molecular weight excluding hydrogens is 305 g/mol. The number of rotatable bonds is 3. The third-order valence-electron chi connectivity index (χ3n) is 4.68. The van der Waals surface area contributed by atoms with Gasteiger partial charge in [0.15, 0.2) is 0 Å². The van der Waals surface area contributed by atoms with Crippen molar-refractivity contribution in [2.45, 2.75) is 19.1 Å². The maximum absolute atomic E-state index is 13.8. The first-order chi connectivity index (χ1) is 11.7. The van der Waals surface area contributed by atoms with Crippen molar-refractivity contribution in [1.29, 1.82) is 0 Å². The first-order valence-corrected chi connectivity index (χ1v) is 8.20. The Bertz CT molecular complexity index is 881. The quantitative estimate of drug-likeness (QED) is 0.921. The SMILES string of the molecule is COc1ccc2c(c1)=CNC(CN1CCc3c(F)cccc3C1)N=2. The third-order valence-corrected chi connectivity index (χ3v) is 4.68. The number of hydrogen-bond acceptors (Lipinski definition) is 4. The van der Waals surface area contributed by atoms with E-state index in [2.05, 4.69) is 10.2 Å².